The molecule has 2 rings (SSSR count). The Morgan fingerprint density at radius 3 is 2.25 bits per heavy atom. The molecule has 0 radical (unpaired) electrons. The number of pyridine rings is 1. The van der Waals surface area contributed by atoms with Crippen LogP contribution in [0.25, 0.3) is 0 Å². The number of carbonyl (C=O) groups is 4. The number of carboxylic acid groups (broad SMARTS) is 1. The predicted molar refractivity (Wildman–Crippen MR) is 130 cm³/mol. The van der Waals surface area contributed by atoms with Crippen molar-refractivity contribution in [1.82, 2.24) is 26.1 Å². The highest BCUT2D eigenvalue weighted by atomic mass is 16.4. The van der Waals surface area contributed by atoms with E-state index in [9.17, 15) is 24.3 Å². The lowest BCUT2D eigenvalue weighted by Gasteiger charge is -2.32. The average Bonchev–Trinajstić information content (AvgIpc) is 2.83. The van der Waals surface area contributed by atoms with E-state index in [-0.39, 0.29) is 24.7 Å². The van der Waals surface area contributed by atoms with Gasteiger partial charge in [0, 0.05) is 18.8 Å². The fourth-order valence-electron chi connectivity index (χ4n) is 3.41. The first-order valence-corrected chi connectivity index (χ1v) is 11.4. The monoisotopic (exact) mass is 500 g/mol. The molecule has 0 aliphatic heterocycles. The van der Waals surface area contributed by atoms with Gasteiger partial charge in [-0.1, -0.05) is 36.4 Å². The van der Waals surface area contributed by atoms with E-state index in [0.717, 1.165) is 5.56 Å². The van der Waals surface area contributed by atoms with Gasteiger partial charge < -0.3 is 26.6 Å². The summed E-state index contributed by atoms with van der Waals surface area (Å²) in [6.07, 6.45) is -1.38. The van der Waals surface area contributed by atoms with Crippen LogP contribution in [0.15, 0.2) is 54.7 Å². The first kappa shape index (κ1) is 28.2. The number of aliphatic hydroxyl groups is 1. The molecule has 0 aliphatic carbocycles. The number of primary amides is 1. The highest BCUT2D eigenvalue weighted by molar-refractivity contribution is 5.97. The van der Waals surface area contributed by atoms with E-state index < -0.39 is 48.4 Å². The molecule has 0 bridgehead atoms. The molecule has 0 saturated heterocycles. The van der Waals surface area contributed by atoms with E-state index >= 15 is 0 Å². The molecular weight excluding hydrogens is 468 g/mol. The molecule has 0 fully saturated rings. The molecule has 1 heterocycles. The standard InChI is InChI=1S/C24H32N6O6/c1-15(2)30(29-24(35)36)14-20(31)18(12-16-8-4-3-5-9-16)27-23(34)19(13-21(25)32)28-22(33)17-10-6-7-11-26-17/h3-11,15,18-20,29,31H,12-14H2,1-2H3,(H2,25,32)(H,27,34)(H,28,33)(H,35,36)/t18-,19-,20-/m0/s1. The quantitative estimate of drug-likeness (QED) is 0.208. The van der Waals surface area contributed by atoms with E-state index in [0.29, 0.717) is 0 Å². The van der Waals surface area contributed by atoms with Gasteiger partial charge >= 0.3 is 6.09 Å². The van der Waals surface area contributed by atoms with Crippen LogP contribution in [0, 0.1) is 0 Å². The van der Waals surface area contributed by atoms with Gasteiger partial charge in [-0.2, -0.15) is 0 Å². The van der Waals surface area contributed by atoms with Crippen LogP contribution in [-0.4, -0.2) is 74.8 Å². The van der Waals surface area contributed by atoms with Crippen LogP contribution in [0.1, 0.15) is 36.3 Å². The molecule has 12 heteroatoms. The predicted octanol–water partition coefficient (Wildman–Crippen LogP) is 0.0368. The van der Waals surface area contributed by atoms with Crippen molar-refractivity contribution in [2.24, 2.45) is 5.73 Å². The average molecular weight is 501 g/mol. The molecule has 4 amide bonds. The summed E-state index contributed by atoms with van der Waals surface area (Å²) in [4.78, 5) is 52.4. The van der Waals surface area contributed by atoms with Crippen molar-refractivity contribution in [3.8, 4) is 0 Å². The first-order valence-electron chi connectivity index (χ1n) is 11.4. The summed E-state index contributed by atoms with van der Waals surface area (Å²) in [7, 11) is 0. The van der Waals surface area contributed by atoms with E-state index in [4.69, 9.17) is 10.8 Å². The van der Waals surface area contributed by atoms with E-state index in [2.05, 4.69) is 21.0 Å². The number of hydrazine groups is 1. The number of amides is 4. The summed E-state index contributed by atoms with van der Waals surface area (Å²) in [5.41, 5.74) is 8.38. The van der Waals surface area contributed by atoms with Gasteiger partial charge in [-0.15, -0.1) is 0 Å². The van der Waals surface area contributed by atoms with Gasteiger partial charge in [0.25, 0.3) is 5.91 Å². The molecular formula is C24H32N6O6. The smallest absolute Gasteiger partial charge is 0.419 e. The number of aromatic nitrogens is 1. The lowest BCUT2D eigenvalue weighted by molar-refractivity contribution is -0.128. The van der Waals surface area contributed by atoms with Crippen molar-refractivity contribution in [3.63, 3.8) is 0 Å². The van der Waals surface area contributed by atoms with Crippen molar-refractivity contribution in [2.45, 2.75) is 50.9 Å². The maximum Gasteiger partial charge on any atom is 0.419 e. The Bertz CT molecular complexity index is 1020. The Morgan fingerprint density at radius 2 is 1.69 bits per heavy atom. The van der Waals surface area contributed by atoms with Crippen molar-refractivity contribution < 1.29 is 29.4 Å². The van der Waals surface area contributed by atoms with Crippen LogP contribution in [0.5, 0.6) is 0 Å². The number of benzene rings is 1. The zero-order valence-electron chi connectivity index (χ0n) is 20.1. The number of nitrogens with one attached hydrogen (secondary N) is 3. The normalized spacial score (nSPS) is 13.5. The molecule has 1 aromatic carbocycles. The summed E-state index contributed by atoms with van der Waals surface area (Å²) in [5, 5.41) is 26.6. The lowest BCUT2D eigenvalue weighted by atomic mass is 9.99. The highest BCUT2D eigenvalue weighted by Crippen LogP contribution is 2.10. The minimum Gasteiger partial charge on any atom is -0.464 e. The topological polar surface area (TPSA) is 187 Å². The van der Waals surface area contributed by atoms with Gasteiger partial charge in [0.2, 0.25) is 11.8 Å². The maximum atomic E-state index is 13.2. The van der Waals surface area contributed by atoms with E-state index in [1.165, 1.54) is 17.3 Å². The van der Waals surface area contributed by atoms with Gasteiger partial charge in [0.15, 0.2) is 0 Å². The Kier molecular flexibility index (Phi) is 10.8. The van der Waals surface area contributed by atoms with Crippen molar-refractivity contribution in [1.29, 1.82) is 0 Å². The van der Waals surface area contributed by atoms with Gasteiger partial charge in [-0.05, 0) is 38.0 Å². The third kappa shape index (κ3) is 9.31. The highest BCUT2D eigenvalue weighted by Gasteiger charge is 2.30. The van der Waals surface area contributed by atoms with Gasteiger partial charge in [-0.25, -0.2) is 9.80 Å². The fourth-order valence-corrected chi connectivity index (χ4v) is 3.41. The molecule has 1 aromatic heterocycles. The van der Waals surface area contributed by atoms with Gasteiger partial charge in [0.1, 0.15) is 11.7 Å². The summed E-state index contributed by atoms with van der Waals surface area (Å²) >= 11 is 0. The Morgan fingerprint density at radius 1 is 1.03 bits per heavy atom. The number of nitrogens with two attached hydrogens (primary N) is 1. The van der Waals surface area contributed by atoms with Crippen LogP contribution in [0.4, 0.5) is 4.79 Å². The summed E-state index contributed by atoms with van der Waals surface area (Å²) in [5.74, 6) is -2.22. The SMILES string of the molecule is CC(C)N(C[C@H](O)[C@H](Cc1ccccc1)NC(=O)[C@H](CC(N)=O)NC(=O)c1ccccn1)NC(=O)O. The Labute approximate surface area is 208 Å². The molecule has 0 saturated carbocycles. The van der Waals surface area contributed by atoms with E-state index in [1.54, 1.807) is 38.1 Å². The van der Waals surface area contributed by atoms with Crippen molar-refractivity contribution >= 4 is 23.8 Å². The van der Waals surface area contributed by atoms with E-state index in [1.807, 2.05) is 18.2 Å². The lowest BCUT2D eigenvalue weighted by Crippen LogP contribution is -2.58. The maximum absolute atomic E-state index is 13.2. The molecule has 0 unspecified atom stereocenters. The Balaban J connectivity index is 2.24. The zero-order valence-corrected chi connectivity index (χ0v) is 20.1. The minimum atomic E-state index is -1.32. The molecule has 0 aliphatic rings. The second-order valence-electron chi connectivity index (χ2n) is 8.45. The fraction of sp³-hybridized carbons (Fsp3) is 0.375. The molecule has 194 valence electrons. The third-order valence-corrected chi connectivity index (χ3v) is 5.26. The number of aliphatic hydroxyl groups excluding tert-OH is 1. The largest absolute Gasteiger partial charge is 0.464 e. The number of rotatable bonds is 13. The Hall–Kier alpha value is -4.03. The molecule has 2 aromatic rings. The zero-order chi connectivity index (χ0) is 26.7. The molecule has 0 spiro atoms. The van der Waals surface area contributed by atoms with Crippen molar-refractivity contribution in [2.75, 3.05) is 6.54 Å². The third-order valence-electron chi connectivity index (χ3n) is 5.26. The van der Waals surface area contributed by atoms with Crippen LogP contribution >= 0.6 is 0 Å². The molecule has 7 N–H and O–H groups in total. The second kappa shape index (κ2) is 13.8. The molecule has 36 heavy (non-hydrogen) atoms. The number of hydrogen-bond acceptors (Lipinski definition) is 7. The van der Waals surface area contributed by atoms with Crippen LogP contribution < -0.4 is 21.8 Å². The molecule has 3 atom stereocenters. The number of hydrogen-bond donors (Lipinski definition) is 6. The van der Waals surface area contributed by atoms with Crippen LogP contribution in [0.3, 0.4) is 0 Å². The first-order chi connectivity index (χ1) is 17.1. The minimum absolute atomic E-state index is 0.0490. The van der Waals surface area contributed by atoms with Crippen LogP contribution in [0.2, 0.25) is 0 Å². The molecule has 12 nitrogen and oxygen atoms in total. The number of carbonyl (C=O) groups excluding carboxylic acids is 3. The second-order valence-corrected chi connectivity index (χ2v) is 8.45. The van der Waals surface area contributed by atoms with Gasteiger partial charge in [-0.3, -0.25) is 24.8 Å². The van der Waals surface area contributed by atoms with Gasteiger partial charge in [0.05, 0.1) is 18.6 Å². The summed E-state index contributed by atoms with van der Waals surface area (Å²) in [6.45, 7) is 3.34. The summed E-state index contributed by atoms with van der Waals surface area (Å²) < 4.78 is 0. The van der Waals surface area contributed by atoms with Crippen molar-refractivity contribution in [3.05, 3.63) is 66.0 Å². The number of nitrogens with zero attached hydrogens (tertiary/aromatic N) is 2. The van der Waals surface area contributed by atoms with Crippen LogP contribution in [-0.2, 0) is 16.0 Å². The summed E-state index contributed by atoms with van der Waals surface area (Å²) in [6, 6.07) is 11.2.